The Balaban J connectivity index is 1.57. The number of nitrogens with zero attached hydrogens (tertiary/aromatic N) is 4. The molecular formula is C29H25Cl2F4N5O2. The first-order valence-corrected chi connectivity index (χ1v) is 13.7. The molecule has 2 aliphatic rings. The van der Waals surface area contributed by atoms with E-state index in [9.17, 15) is 27.2 Å². The van der Waals surface area contributed by atoms with E-state index in [-0.39, 0.29) is 50.4 Å². The SMILES string of the molecule is CC1=C(C(=O)Nc2ccc(C(C)(F)F)cc2-c2ncnc(Cl)c2Cl)C(=O)N(Cc2cccc(F)c2F)N2CCCC12C. The van der Waals surface area contributed by atoms with Gasteiger partial charge >= 0.3 is 0 Å². The minimum absolute atomic E-state index is 0.00382. The summed E-state index contributed by atoms with van der Waals surface area (Å²) in [5, 5.41) is 5.46. The molecule has 1 unspecified atom stereocenters. The normalized spacial score (nSPS) is 19.4. The summed E-state index contributed by atoms with van der Waals surface area (Å²) in [6.45, 7) is 4.43. The first kappa shape index (κ1) is 29.9. The number of anilines is 1. The largest absolute Gasteiger partial charge is 0.321 e. The first-order valence-electron chi connectivity index (χ1n) is 13.0. The van der Waals surface area contributed by atoms with Crippen LogP contribution in [0.15, 0.2) is 53.9 Å². The summed E-state index contributed by atoms with van der Waals surface area (Å²) in [6.07, 6.45) is 2.40. The number of carbonyl (C=O) groups is 2. The Morgan fingerprint density at radius 2 is 1.90 bits per heavy atom. The van der Waals surface area contributed by atoms with Crippen molar-refractivity contribution in [1.29, 1.82) is 0 Å². The standard InChI is InChI=1S/C29H25Cl2F4N5O2/c1-15-21(27(42)39(40-11-5-10-28(15,40)2)13-16-6-4-7-19(32)23(16)33)26(41)38-20-9-8-17(29(3,34)35)12-18(20)24-22(30)25(31)37-14-36-24/h4,6-9,12,14H,5,10-11,13H2,1-3H3,(H,38,41). The van der Waals surface area contributed by atoms with E-state index in [2.05, 4.69) is 15.3 Å². The van der Waals surface area contributed by atoms with Crippen LogP contribution in [0.1, 0.15) is 44.7 Å². The number of fused-ring (bicyclic) bond motifs is 1. The van der Waals surface area contributed by atoms with Gasteiger partial charge in [0.05, 0.1) is 23.5 Å². The summed E-state index contributed by atoms with van der Waals surface area (Å²) in [5.41, 5.74) is -0.825. The lowest BCUT2D eigenvalue weighted by atomic mass is 9.84. The summed E-state index contributed by atoms with van der Waals surface area (Å²) in [7, 11) is 0. The fourth-order valence-corrected chi connectivity index (χ4v) is 5.82. The van der Waals surface area contributed by atoms with Crippen LogP contribution >= 0.6 is 23.2 Å². The van der Waals surface area contributed by atoms with Crippen molar-refractivity contribution in [2.24, 2.45) is 0 Å². The van der Waals surface area contributed by atoms with Gasteiger partial charge in [-0.2, -0.15) is 0 Å². The molecule has 3 aromatic rings. The highest BCUT2D eigenvalue weighted by molar-refractivity contribution is 6.42. The molecule has 0 radical (unpaired) electrons. The van der Waals surface area contributed by atoms with Crippen LogP contribution in [0.2, 0.25) is 10.2 Å². The van der Waals surface area contributed by atoms with Crippen LogP contribution in [0.5, 0.6) is 0 Å². The molecule has 0 saturated carbocycles. The van der Waals surface area contributed by atoms with E-state index < -0.39 is 34.9 Å². The number of halogens is 6. The Bertz CT molecular complexity index is 1640. The number of amides is 2. The second-order valence-corrected chi connectivity index (χ2v) is 11.2. The van der Waals surface area contributed by atoms with E-state index in [1.807, 2.05) is 6.92 Å². The maximum atomic E-state index is 14.6. The van der Waals surface area contributed by atoms with Crippen LogP contribution < -0.4 is 5.32 Å². The van der Waals surface area contributed by atoms with Crippen LogP contribution in [0.4, 0.5) is 23.2 Å². The molecule has 0 bridgehead atoms. The zero-order chi connectivity index (χ0) is 30.6. The molecule has 13 heteroatoms. The highest BCUT2D eigenvalue weighted by atomic mass is 35.5. The Labute approximate surface area is 249 Å². The van der Waals surface area contributed by atoms with Gasteiger partial charge in [0, 0.05) is 30.2 Å². The molecule has 0 spiro atoms. The van der Waals surface area contributed by atoms with Crippen molar-refractivity contribution in [3.8, 4) is 11.3 Å². The van der Waals surface area contributed by atoms with Gasteiger partial charge in [-0.3, -0.25) is 14.6 Å². The Morgan fingerprint density at radius 1 is 1.17 bits per heavy atom. The van der Waals surface area contributed by atoms with Crippen LogP contribution in [-0.4, -0.2) is 43.9 Å². The highest BCUT2D eigenvalue weighted by Crippen LogP contribution is 2.44. The Hall–Kier alpha value is -3.54. The summed E-state index contributed by atoms with van der Waals surface area (Å²) >= 11 is 12.4. The number of hydrogen-bond acceptors (Lipinski definition) is 5. The molecule has 1 saturated heterocycles. The van der Waals surface area contributed by atoms with Crippen molar-refractivity contribution in [2.75, 3.05) is 11.9 Å². The quantitative estimate of drug-likeness (QED) is 0.184. The summed E-state index contributed by atoms with van der Waals surface area (Å²) in [5.74, 6) is -6.89. The molecule has 1 atom stereocenters. The van der Waals surface area contributed by atoms with E-state index >= 15 is 0 Å². The second-order valence-electron chi connectivity index (χ2n) is 10.5. The molecule has 5 rings (SSSR count). The number of hydrogen-bond donors (Lipinski definition) is 1. The van der Waals surface area contributed by atoms with Crippen LogP contribution in [0, 0.1) is 11.6 Å². The van der Waals surface area contributed by atoms with Crippen molar-refractivity contribution < 1.29 is 27.2 Å². The fraction of sp³-hybridized carbons (Fsp3) is 0.310. The highest BCUT2D eigenvalue weighted by Gasteiger charge is 2.50. The maximum absolute atomic E-state index is 14.6. The third-order valence-corrected chi connectivity index (χ3v) is 8.62. The molecule has 2 aromatic carbocycles. The minimum atomic E-state index is -3.23. The number of nitrogens with one attached hydrogen (secondary N) is 1. The molecule has 7 nitrogen and oxygen atoms in total. The Kier molecular flexibility index (Phi) is 7.80. The van der Waals surface area contributed by atoms with Gasteiger partial charge < -0.3 is 5.32 Å². The number of hydrazine groups is 1. The summed E-state index contributed by atoms with van der Waals surface area (Å²) in [4.78, 5) is 35.6. The molecule has 220 valence electrons. The lowest BCUT2D eigenvalue weighted by Crippen LogP contribution is -2.60. The minimum Gasteiger partial charge on any atom is -0.321 e. The monoisotopic (exact) mass is 621 g/mol. The molecule has 1 aromatic heterocycles. The van der Waals surface area contributed by atoms with E-state index in [0.29, 0.717) is 25.0 Å². The number of benzene rings is 2. The van der Waals surface area contributed by atoms with Crippen molar-refractivity contribution in [1.82, 2.24) is 20.0 Å². The lowest BCUT2D eigenvalue weighted by Gasteiger charge is -2.47. The van der Waals surface area contributed by atoms with E-state index in [1.165, 1.54) is 23.2 Å². The molecule has 2 amide bonds. The lowest BCUT2D eigenvalue weighted by molar-refractivity contribution is -0.157. The van der Waals surface area contributed by atoms with Gasteiger partial charge in [0.1, 0.15) is 16.9 Å². The molecule has 1 fully saturated rings. The first-order chi connectivity index (χ1) is 19.7. The molecular weight excluding hydrogens is 597 g/mol. The number of aromatic nitrogens is 2. The van der Waals surface area contributed by atoms with E-state index in [4.69, 9.17) is 23.2 Å². The summed E-state index contributed by atoms with van der Waals surface area (Å²) in [6, 6.07) is 7.22. The third kappa shape index (κ3) is 5.14. The third-order valence-electron chi connectivity index (χ3n) is 7.88. The van der Waals surface area contributed by atoms with E-state index in [0.717, 1.165) is 31.5 Å². The smallest absolute Gasteiger partial charge is 0.274 e. The zero-order valence-corrected chi connectivity index (χ0v) is 24.3. The number of rotatable bonds is 6. The van der Waals surface area contributed by atoms with Gasteiger partial charge in [-0.15, -0.1) is 0 Å². The molecule has 42 heavy (non-hydrogen) atoms. The van der Waals surface area contributed by atoms with Crippen LogP contribution in [-0.2, 0) is 22.1 Å². The average molecular weight is 622 g/mol. The average Bonchev–Trinajstić information content (AvgIpc) is 3.33. The van der Waals surface area contributed by atoms with Crippen LogP contribution in [0.3, 0.4) is 0 Å². The molecule has 0 aliphatic carbocycles. The zero-order valence-electron chi connectivity index (χ0n) is 22.7. The topological polar surface area (TPSA) is 78.4 Å². The van der Waals surface area contributed by atoms with Crippen molar-refractivity contribution in [3.05, 3.63) is 86.8 Å². The molecule has 1 N–H and O–H groups in total. The predicted octanol–water partition coefficient (Wildman–Crippen LogP) is 6.91. The van der Waals surface area contributed by atoms with Gasteiger partial charge in [0.15, 0.2) is 16.8 Å². The van der Waals surface area contributed by atoms with Gasteiger partial charge in [-0.05, 0) is 50.5 Å². The second kappa shape index (κ2) is 10.9. The van der Waals surface area contributed by atoms with Crippen LogP contribution in [0.25, 0.3) is 11.3 Å². The van der Waals surface area contributed by atoms with Gasteiger partial charge in [0.2, 0.25) is 0 Å². The van der Waals surface area contributed by atoms with Gasteiger partial charge in [-0.25, -0.2) is 32.5 Å². The maximum Gasteiger partial charge on any atom is 0.274 e. The van der Waals surface area contributed by atoms with Crippen molar-refractivity contribution in [3.63, 3.8) is 0 Å². The van der Waals surface area contributed by atoms with E-state index in [1.54, 1.807) is 11.9 Å². The van der Waals surface area contributed by atoms with Gasteiger partial charge in [-0.1, -0.05) is 41.4 Å². The number of alkyl halides is 2. The Morgan fingerprint density at radius 3 is 2.62 bits per heavy atom. The fourth-order valence-electron chi connectivity index (χ4n) is 5.49. The summed E-state index contributed by atoms with van der Waals surface area (Å²) < 4.78 is 57.1. The number of carbonyl (C=O) groups excluding carboxylic acids is 2. The van der Waals surface area contributed by atoms with Gasteiger partial charge in [0.25, 0.3) is 17.7 Å². The molecule has 3 heterocycles. The van der Waals surface area contributed by atoms with Crippen molar-refractivity contribution >= 4 is 40.7 Å². The molecule has 2 aliphatic heterocycles. The predicted molar refractivity (Wildman–Crippen MR) is 150 cm³/mol. The van der Waals surface area contributed by atoms with Crippen molar-refractivity contribution in [2.45, 2.75) is 51.6 Å².